The van der Waals surface area contributed by atoms with Crippen LogP contribution in [0.25, 0.3) is 0 Å². The number of amides is 1. The number of hydrogen-bond donors (Lipinski definition) is 1. The number of pyridine rings is 1. The van der Waals surface area contributed by atoms with Gasteiger partial charge in [-0.2, -0.15) is 0 Å². The number of carbonyl (C=O) groups is 1. The Morgan fingerprint density at radius 3 is 2.79 bits per heavy atom. The lowest BCUT2D eigenvalue weighted by Gasteiger charge is -2.06. The summed E-state index contributed by atoms with van der Waals surface area (Å²) < 4.78 is 4.95. The highest BCUT2D eigenvalue weighted by atomic mass is 16.5. The third-order valence-electron chi connectivity index (χ3n) is 2.74. The molecule has 2 aromatic rings. The molecule has 2 rings (SSSR count). The highest BCUT2D eigenvalue weighted by molar-refractivity contribution is 5.93. The van der Waals surface area contributed by atoms with Gasteiger partial charge in [0.25, 0.3) is 5.91 Å². The van der Waals surface area contributed by atoms with Crippen molar-refractivity contribution in [3.05, 3.63) is 59.3 Å². The number of ether oxygens (including phenoxy) is 1. The van der Waals surface area contributed by atoms with E-state index in [-0.39, 0.29) is 5.91 Å². The van der Waals surface area contributed by atoms with Gasteiger partial charge in [-0.15, -0.1) is 0 Å². The van der Waals surface area contributed by atoms with Gasteiger partial charge < -0.3 is 10.1 Å². The SMILES string of the molecule is COc1ccc(C(=O)NCc2cccc(C)c2)cn1. The van der Waals surface area contributed by atoms with Gasteiger partial charge in [-0.05, 0) is 18.6 Å². The number of rotatable bonds is 4. The predicted molar refractivity (Wildman–Crippen MR) is 73.1 cm³/mol. The lowest BCUT2D eigenvalue weighted by molar-refractivity contribution is 0.0950. The first-order valence-corrected chi connectivity index (χ1v) is 6.03. The number of nitrogens with one attached hydrogen (secondary N) is 1. The van der Waals surface area contributed by atoms with Crippen molar-refractivity contribution in [3.8, 4) is 5.88 Å². The number of carbonyl (C=O) groups excluding carboxylic acids is 1. The smallest absolute Gasteiger partial charge is 0.253 e. The zero-order chi connectivity index (χ0) is 13.7. The van der Waals surface area contributed by atoms with Crippen LogP contribution in [0.1, 0.15) is 21.5 Å². The molecule has 0 saturated carbocycles. The molecule has 98 valence electrons. The first kappa shape index (κ1) is 13.1. The van der Waals surface area contributed by atoms with Gasteiger partial charge in [0.2, 0.25) is 5.88 Å². The van der Waals surface area contributed by atoms with E-state index in [0.717, 1.165) is 5.56 Å². The highest BCUT2D eigenvalue weighted by Crippen LogP contribution is 2.07. The maximum atomic E-state index is 11.9. The van der Waals surface area contributed by atoms with Gasteiger partial charge in [0, 0.05) is 18.8 Å². The number of methoxy groups -OCH3 is 1. The number of nitrogens with zero attached hydrogens (tertiary/aromatic N) is 1. The molecule has 1 heterocycles. The van der Waals surface area contributed by atoms with Crippen LogP contribution in [-0.4, -0.2) is 18.0 Å². The molecule has 4 nitrogen and oxygen atoms in total. The highest BCUT2D eigenvalue weighted by Gasteiger charge is 2.06. The van der Waals surface area contributed by atoms with Crippen LogP contribution in [0.15, 0.2) is 42.6 Å². The van der Waals surface area contributed by atoms with Crippen molar-refractivity contribution in [2.24, 2.45) is 0 Å². The predicted octanol–water partition coefficient (Wildman–Crippen LogP) is 2.33. The Morgan fingerprint density at radius 2 is 2.16 bits per heavy atom. The minimum Gasteiger partial charge on any atom is -0.481 e. The second kappa shape index (κ2) is 6.00. The fraction of sp³-hybridized carbons (Fsp3) is 0.200. The van der Waals surface area contributed by atoms with Crippen LogP contribution in [-0.2, 0) is 6.54 Å². The Balaban J connectivity index is 1.97. The third kappa shape index (κ3) is 3.55. The molecule has 0 spiro atoms. The summed E-state index contributed by atoms with van der Waals surface area (Å²) in [5.74, 6) is 0.354. The molecule has 0 atom stereocenters. The van der Waals surface area contributed by atoms with Crippen LogP contribution in [0.5, 0.6) is 5.88 Å². The number of benzene rings is 1. The standard InChI is InChI=1S/C15H16N2O2/c1-11-4-3-5-12(8-11)9-17-15(18)13-6-7-14(19-2)16-10-13/h3-8,10H,9H2,1-2H3,(H,17,18). The summed E-state index contributed by atoms with van der Waals surface area (Å²) in [7, 11) is 1.54. The zero-order valence-corrected chi connectivity index (χ0v) is 11.0. The van der Waals surface area contributed by atoms with Crippen LogP contribution in [0.4, 0.5) is 0 Å². The van der Waals surface area contributed by atoms with Gasteiger partial charge in [0.1, 0.15) is 0 Å². The average molecular weight is 256 g/mol. The zero-order valence-electron chi connectivity index (χ0n) is 11.0. The van der Waals surface area contributed by atoms with E-state index in [1.54, 1.807) is 19.2 Å². The third-order valence-corrected chi connectivity index (χ3v) is 2.74. The first-order valence-electron chi connectivity index (χ1n) is 6.03. The molecule has 1 N–H and O–H groups in total. The number of aryl methyl sites for hydroxylation is 1. The molecule has 19 heavy (non-hydrogen) atoms. The minimum absolute atomic E-state index is 0.142. The average Bonchev–Trinajstić information content (AvgIpc) is 2.45. The van der Waals surface area contributed by atoms with Gasteiger partial charge in [-0.25, -0.2) is 4.98 Å². The Kier molecular flexibility index (Phi) is 4.13. The van der Waals surface area contributed by atoms with Crippen molar-refractivity contribution in [1.29, 1.82) is 0 Å². The van der Waals surface area contributed by atoms with Gasteiger partial charge in [0.15, 0.2) is 0 Å². The maximum absolute atomic E-state index is 11.9. The molecule has 0 fully saturated rings. The number of hydrogen-bond acceptors (Lipinski definition) is 3. The lowest BCUT2D eigenvalue weighted by Crippen LogP contribution is -2.22. The molecule has 0 bridgehead atoms. The van der Waals surface area contributed by atoms with Gasteiger partial charge >= 0.3 is 0 Å². The summed E-state index contributed by atoms with van der Waals surface area (Å²) >= 11 is 0. The fourth-order valence-corrected chi connectivity index (χ4v) is 1.74. The molecule has 1 aromatic heterocycles. The Hall–Kier alpha value is -2.36. The molecule has 0 aliphatic carbocycles. The van der Waals surface area contributed by atoms with Gasteiger partial charge in [0.05, 0.1) is 12.7 Å². The van der Waals surface area contributed by atoms with Crippen LogP contribution in [0, 0.1) is 6.92 Å². The maximum Gasteiger partial charge on any atom is 0.253 e. The molecule has 0 aliphatic rings. The molecule has 0 saturated heterocycles. The molecule has 4 heteroatoms. The summed E-state index contributed by atoms with van der Waals surface area (Å²) in [6, 6.07) is 11.4. The van der Waals surface area contributed by atoms with Gasteiger partial charge in [-0.3, -0.25) is 4.79 Å². The van der Waals surface area contributed by atoms with Crippen LogP contribution in [0.3, 0.4) is 0 Å². The Bertz CT molecular complexity index is 565. The number of aromatic nitrogens is 1. The topological polar surface area (TPSA) is 51.2 Å². The minimum atomic E-state index is -0.142. The largest absolute Gasteiger partial charge is 0.481 e. The lowest BCUT2D eigenvalue weighted by atomic mass is 10.1. The van der Waals surface area contributed by atoms with E-state index in [2.05, 4.69) is 10.3 Å². The van der Waals surface area contributed by atoms with E-state index < -0.39 is 0 Å². The molecule has 0 aliphatic heterocycles. The summed E-state index contributed by atoms with van der Waals surface area (Å²) in [5.41, 5.74) is 2.78. The second-order valence-corrected chi connectivity index (χ2v) is 4.26. The van der Waals surface area contributed by atoms with Crippen molar-refractivity contribution in [1.82, 2.24) is 10.3 Å². The van der Waals surface area contributed by atoms with Gasteiger partial charge in [-0.1, -0.05) is 29.8 Å². The monoisotopic (exact) mass is 256 g/mol. The van der Waals surface area contributed by atoms with Crippen LogP contribution >= 0.6 is 0 Å². The molecule has 0 unspecified atom stereocenters. The van der Waals surface area contributed by atoms with E-state index in [1.165, 1.54) is 11.8 Å². The Labute approximate surface area is 112 Å². The molecule has 0 radical (unpaired) electrons. The summed E-state index contributed by atoms with van der Waals surface area (Å²) in [5, 5.41) is 2.86. The van der Waals surface area contributed by atoms with E-state index in [9.17, 15) is 4.79 Å². The van der Waals surface area contributed by atoms with E-state index >= 15 is 0 Å². The quantitative estimate of drug-likeness (QED) is 0.913. The molecular weight excluding hydrogens is 240 g/mol. The molecule has 1 aromatic carbocycles. The van der Waals surface area contributed by atoms with Crippen molar-refractivity contribution >= 4 is 5.91 Å². The van der Waals surface area contributed by atoms with Crippen molar-refractivity contribution in [2.75, 3.05) is 7.11 Å². The second-order valence-electron chi connectivity index (χ2n) is 4.26. The summed E-state index contributed by atoms with van der Waals surface area (Å²) in [6.45, 7) is 2.53. The fourth-order valence-electron chi connectivity index (χ4n) is 1.74. The van der Waals surface area contributed by atoms with Crippen LogP contribution < -0.4 is 10.1 Å². The summed E-state index contributed by atoms with van der Waals surface area (Å²) in [6.07, 6.45) is 1.50. The molecule has 1 amide bonds. The van der Waals surface area contributed by atoms with Crippen molar-refractivity contribution < 1.29 is 9.53 Å². The van der Waals surface area contributed by atoms with Crippen molar-refractivity contribution in [2.45, 2.75) is 13.5 Å². The van der Waals surface area contributed by atoms with Crippen LogP contribution in [0.2, 0.25) is 0 Å². The van der Waals surface area contributed by atoms with E-state index in [0.29, 0.717) is 18.0 Å². The van der Waals surface area contributed by atoms with E-state index in [4.69, 9.17) is 4.74 Å². The summed E-state index contributed by atoms with van der Waals surface area (Å²) in [4.78, 5) is 15.9. The van der Waals surface area contributed by atoms with Crippen molar-refractivity contribution in [3.63, 3.8) is 0 Å². The normalized spacial score (nSPS) is 10.0. The van der Waals surface area contributed by atoms with E-state index in [1.807, 2.05) is 31.2 Å². The Morgan fingerprint density at radius 1 is 1.32 bits per heavy atom. The first-order chi connectivity index (χ1) is 9.19. The molecular formula is C15H16N2O2.